The largest absolute Gasteiger partial charge is 0.366 e. The molecule has 68 valence electrons. The van der Waals surface area contributed by atoms with Crippen molar-refractivity contribution in [3.8, 4) is 0 Å². The van der Waals surface area contributed by atoms with Crippen molar-refractivity contribution in [2.45, 2.75) is 6.92 Å². The first-order valence-electron chi connectivity index (χ1n) is 3.56. The highest BCUT2D eigenvalue weighted by Gasteiger charge is 2.10. The minimum atomic E-state index is -0.660. The van der Waals surface area contributed by atoms with Crippen LogP contribution in [0.25, 0.3) is 0 Å². The quantitative estimate of drug-likeness (QED) is 0.544. The van der Waals surface area contributed by atoms with E-state index in [0.29, 0.717) is 5.56 Å². The first-order chi connectivity index (χ1) is 6.00. The topological polar surface area (TPSA) is 86.2 Å². The zero-order valence-electron chi connectivity index (χ0n) is 6.98. The molecule has 0 atom stereocenters. The van der Waals surface area contributed by atoms with Crippen LogP contribution in [0.1, 0.15) is 15.9 Å². The summed E-state index contributed by atoms with van der Waals surface area (Å²) in [5, 5.41) is 10.4. The van der Waals surface area contributed by atoms with E-state index >= 15 is 0 Å². The Hall–Kier alpha value is -1.91. The molecule has 0 saturated carbocycles. The molecule has 0 bridgehead atoms. The van der Waals surface area contributed by atoms with E-state index in [1.807, 2.05) is 0 Å². The molecule has 1 rings (SSSR count). The molecule has 0 aliphatic rings. The number of hydrogen-bond acceptors (Lipinski definition) is 3. The van der Waals surface area contributed by atoms with Crippen LogP contribution < -0.4 is 5.73 Å². The van der Waals surface area contributed by atoms with Crippen LogP contribution in [0.3, 0.4) is 0 Å². The summed E-state index contributed by atoms with van der Waals surface area (Å²) in [6, 6.07) is 4.05. The van der Waals surface area contributed by atoms with Gasteiger partial charge < -0.3 is 5.73 Å². The average molecular weight is 180 g/mol. The third-order valence-corrected chi connectivity index (χ3v) is 1.56. The van der Waals surface area contributed by atoms with Gasteiger partial charge in [0.05, 0.1) is 4.92 Å². The van der Waals surface area contributed by atoms with Crippen molar-refractivity contribution < 1.29 is 9.72 Å². The summed E-state index contributed by atoms with van der Waals surface area (Å²) in [5.41, 5.74) is 5.67. The molecule has 0 saturated heterocycles. The Bertz CT molecular complexity index is 341. The van der Waals surface area contributed by atoms with Gasteiger partial charge in [-0.25, -0.2) is 0 Å². The predicted molar refractivity (Wildman–Crippen MR) is 46.4 cm³/mol. The van der Waals surface area contributed by atoms with Gasteiger partial charge in [0.15, 0.2) is 0 Å². The first-order valence-corrected chi connectivity index (χ1v) is 3.56. The van der Waals surface area contributed by atoms with E-state index < -0.39 is 10.8 Å². The minimum Gasteiger partial charge on any atom is -0.366 e. The van der Waals surface area contributed by atoms with Crippen molar-refractivity contribution in [1.29, 1.82) is 0 Å². The number of benzene rings is 1. The smallest absolute Gasteiger partial charge is 0.270 e. The summed E-state index contributed by atoms with van der Waals surface area (Å²) in [7, 11) is 0. The lowest BCUT2D eigenvalue weighted by molar-refractivity contribution is -0.384. The monoisotopic (exact) mass is 180 g/mol. The Morgan fingerprint density at radius 3 is 2.54 bits per heavy atom. The number of carbonyl (C=O) groups is 1. The average Bonchev–Trinajstić information content (AvgIpc) is 2.03. The maximum absolute atomic E-state index is 10.7. The molecule has 1 aromatic rings. The number of nitrogens with zero attached hydrogens (tertiary/aromatic N) is 1. The molecule has 0 aliphatic carbocycles. The molecule has 0 heterocycles. The fourth-order valence-electron chi connectivity index (χ4n) is 1.01. The van der Waals surface area contributed by atoms with E-state index in [0.717, 1.165) is 6.07 Å². The van der Waals surface area contributed by atoms with Crippen molar-refractivity contribution in [2.24, 2.45) is 5.73 Å². The fourth-order valence-corrected chi connectivity index (χ4v) is 1.01. The minimum absolute atomic E-state index is 0.117. The summed E-state index contributed by atoms with van der Waals surface area (Å²) >= 11 is 0. The zero-order chi connectivity index (χ0) is 10.0. The Labute approximate surface area is 74.3 Å². The van der Waals surface area contributed by atoms with Gasteiger partial charge in [-0.05, 0) is 18.6 Å². The molecule has 0 fully saturated rings. The molecule has 13 heavy (non-hydrogen) atoms. The van der Waals surface area contributed by atoms with E-state index in [2.05, 4.69) is 0 Å². The molecular formula is C8H8N2O3. The van der Waals surface area contributed by atoms with Crippen molar-refractivity contribution >= 4 is 11.6 Å². The Morgan fingerprint density at radius 2 is 2.08 bits per heavy atom. The van der Waals surface area contributed by atoms with Crippen LogP contribution in [0, 0.1) is 17.0 Å². The second-order valence-electron chi connectivity index (χ2n) is 2.68. The Balaban J connectivity index is 3.26. The van der Waals surface area contributed by atoms with Crippen LogP contribution in [0.5, 0.6) is 0 Å². The summed E-state index contributed by atoms with van der Waals surface area (Å²) < 4.78 is 0. The van der Waals surface area contributed by atoms with E-state index in [4.69, 9.17) is 5.73 Å². The van der Waals surface area contributed by atoms with Gasteiger partial charge in [-0.1, -0.05) is 0 Å². The maximum atomic E-state index is 10.7. The number of amides is 1. The van der Waals surface area contributed by atoms with Crippen molar-refractivity contribution in [3.63, 3.8) is 0 Å². The van der Waals surface area contributed by atoms with E-state index in [1.54, 1.807) is 6.92 Å². The van der Waals surface area contributed by atoms with E-state index in [1.165, 1.54) is 12.1 Å². The summed E-state index contributed by atoms with van der Waals surface area (Å²) in [4.78, 5) is 20.6. The number of hydrogen-bond donors (Lipinski definition) is 1. The van der Waals surface area contributed by atoms with Crippen LogP contribution in [0.4, 0.5) is 5.69 Å². The Kier molecular flexibility index (Phi) is 2.27. The number of primary amides is 1. The fraction of sp³-hybridized carbons (Fsp3) is 0.125. The SMILES string of the molecule is Cc1cc(C(N)=O)cc([N+](=O)[O-])c1. The zero-order valence-corrected chi connectivity index (χ0v) is 6.98. The van der Waals surface area contributed by atoms with E-state index in [-0.39, 0.29) is 11.3 Å². The number of rotatable bonds is 2. The number of nitro benzene ring substituents is 1. The van der Waals surface area contributed by atoms with Gasteiger partial charge in [0, 0.05) is 17.7 Å². The first kappa shape index (κ1) is 9.18. The highest BCUT2D eigenvalue weighted by Crippen LogP contribution is 2.15. The van der Waals surface area contributed by atoms with Gasteiger partial charge in [-0.15, -0.1) is 0 Å². The third kappa shape index (κ3) is 2.02. The third-order valence-electron chi connectivity index (χ3n) is 1.56. The summed E-state index contributed by atoms with van der Waals surface area (Å²) in [6.45, 7) is 1.67. The molecule has 1 aromatic carbocycles. The Morgan fingerprint density at radius 1 is 1.46 bits per heavy atom. The van der Waals surface area contributed by atoms with Gasteiger partial charge in [0.25, 0.3) is 5.69 Å². The van der Waals surface area contributed by atoms with Crippen LogP contribution in [-0.2, 0) is 0 Å². The van der Waals surface area contributed by atoms with Gasteiger partial charge in [-0.2, -0.15) is 0 Å². The molecular weight excluding hydrogens is 172 g/mol. The molecule has 0 spiro atoms. The number of nitro groups is 1. The predicted octanol–water partition coefficient (Wildman–Crippen LogP) is 1.00. The highest BCUT2D eigenvalue weighted by molar-refractivity contribution is 5.93. The van der Waals surface area contributed by atoms with E-state index in [9.17, 15) is 14.9 Å². The highest BCUT2D eigenvalue weighted by atomic mass is 16.6. The molecule has 0 radical (unpaired) electrons. The molecule has 0 unspecified atom stereocenters. The normalized spacial score (nSPS) is 9.62. The summed E-state index contributed by atoms with van der Waals surface area (Å²) in [5.74, 6) is -0.660. The molecule has 0 aromatic heterocycles. The van der Waals surface area contributed by atoms with Gasteiger partial charge in [0.2, 0.25) is 5.91 Å². The number of nitrogens with two attached hydrogens (primary N) is 1. The van der Waals surface area contributed by atoms with Gasteiger partial charge in [0.1, 0.15) is 0 Å². The molecule has 5 heteroatoms. The molecule has 2 N–H and O–H groups in total. The number of non-ortho nitro benzene ring substituents is 1. The lowest BCUT2D eigenvalue weighted by Crippen LogP contribution is -2.11. The van der Waals surface area contributed by atoms with Crippen molar-refractivity contribution in [3.05, 3.63) is 39.4 Å². The molecule has 0 aliphatic heterocycles. The van der Waals surface area contributed by atoms with Crippen molar-refractivity contribution in [2.75, 3.05) is 0 Å². The standard InChI is InChI=1S/C8H8N2O3/c1-5-2-6(8(9)11)4-7(3-5)10(12)13/h2-4H,1H3,(H2,9,11). The lowest BCUT2D eigenvalue weighted by atomic mass is 10.1. The number of aryl methyl sites for hydroxylation is 1. The van der Waals surface area contributed by atoms with Crippen LogP contribution in [-0.4, -0.2) is 10.8 Å². The van der Waals surface area contributed by atoms with Crippen molar-refractivity contribution in [1.82, 2.24) is 0 Å². The number of carbonyl (C=O) groups excluding carboxylic acids is 1. The van der Waals surface area contributed by atoms with Crippen LogP contribution in [0.15, 0.2) is 18.2 Å². The second-order valence-corrected chi connectivity index (χ2v) is 2.68. The summed E-state index contributed by atoms with van der Waals surface area (Å²) in [6.07, 6.45) is 0. The van der Waals surface area contributed by atoms with Gasteiger partial charge in [-0.3, -0.25) is 14.9 Å². The lowest BCUT2D eigenvalue weighted by Gasteiger charge is -1.97. The molecule has 1 amide bonds. The van der Waals surface area contributed by atoms with Crippen LogP contribution in [0.2, 0.25) is 0 Å². The molecule has 5 nitrogen and oxygen atoms in total. The van der Waals surface area contributed by atoms with Crippen LogP contribution >= 0.6 is 0 Å². The maximum Gasteiger partial charge on any atom is 0.270 e. The van der Waals surface area contributed by atoms with Gasteiger partial charge >= 0.3 is 0 Å². The second kappa shape index (κ2) is 3.22.